The molecule has 0 aliphatic rings. The fraction of sp³-hybridized carbons (Fsp3) is 0. The molecular weight excluding hydrogens is 1200 g/mol. The summed E-state index contributed by atoms with van der Waals surface area (Å²) < 4.78 is 0. The predicted molar refractivity (Wildman–Crippen MR) is 393 cm³/mol. The number of rotatable bonds is 12. The summed E-state index contributed by atoms with van der Waals surface area (Å²) in [4.78, 5) is 14.8. The van der Waals surface area contributed by atoms with Crippen LogP contribution in [0.2, 0.25) is 0 Å². The summed E-state index contributed by atoms with van der Waals surface area (Å²) in [5.41, 5.74) is 0. The van der Waals surface area contributed by atoms with E-state index in [2.05, 4.69) is 291 Å². The summed E-state index contributed by atoms with van der Waals surface area (Å²) in [5.74, 6) is 0. The molecule has 0 saturated carbocycles. The Morgan fingerprint density at radius 3 is 0.600 bits per heavy atom. The van der Waals surface area contributed by atoms with Crippen molar-refractivity contribution in [2.75, 3.05) is 0 Å². The van der Waals surface area contributed by atoms with Gasteiger partial charge in [0.25, 0.3) is 0 Å². The molecule has 90 heavy (non-hydrogen) atoms. The lowest BCUT2D eigenvalue weighted by atomic mass is 9.94. The monoisotopic (exact) mass is 1250 g/mol. The van der Waals surface area contributed by atoms with E-state index < -0.39 is 0 Å². The Bertz CT molecular complexity index is 5410. The molecular formula is C84H48S6. The molecule has 0 saturated heterocycles. The van der Waals surface area contributed by atoms with Crippen molar-refractivity contribution in [1.82, 2.24) is 0 Å². The first-order valence-electron chi connectivity index (χ1n) is 30.3. The molecule has 0 atom stereocenters. The van der Waals surface area contributed by atoms with Gasteiger partial charge in [-0.15, -0.1) is 0 Å². The fourth-order valence-electron chi connectivity index (χ4n) is 14.1. The summed E-state index contributed by atoms with van der Waals surface area (Å²) in [6.07, 6.45) is 0. The van der Waals surface area contributed by atoms with E-state index in [0.29, 0.717) is 0 Å². The minimum absolute atomic E-state index is 1.21. The molecule has 19 aromatic carbocycles. The average molecular weight is 1250 g/mol. The normalized spacial score (nSPS) is 12.3. The molecule has 0 amide bonds. The number of fused-ring (bicyclic) bond motifs is 6. The second-order valence-corrected chi connectivity index (χ2v) is 29.9. The largest absolute Gasteiger partial charge is 0.0889 e. The van der Waals surface area contributed by atoms with Crippen molar-refractivity contribution in [2.24, 2.45) is 0 Å². The van der Waals surface area contributed by atoms with E-state index >= 15 is 0 Å². The molecule has 420 valence electrons. The first-order valence-corrected chi connectivity index (χ1v) is 35.2. The molecule has 0 radical (unpaired) electrons. The van der Waals surface area contributed by atoms with Crippen LogP contribution in [0.15, 0.2) is 350 Å². The minimum Gasteiger partial charge on any atom is -0.0889 e. The van der Waals surface area contributed by atoms with Gasteiger partial charge in [0, 0.05) is 58.7 Å². The molecule has 0 nitrogen and oxygen atoms in total. The molecule has 0 heterocycles. The second kappa shape index (κ2) is 21.4. The van der Waals surface area contributed by atoms with Gasteiger partial charge in [-0.3, -0.25) is 0 Å². The molecule has 19 aromatic rings. The molecule has 0 fully saturated rings. The van der Waals surface area contributed by atoms with Gasteiger partial charge >= 0.3 is 0 Å². The fourth-order valence-corrected chi connectivity index (χ4v) is 20.5. The van der Waals surface area contributed by atoms with Crippen LogP contribution < -0.4 is 0 Å². The van der Waals surface area contributed by atoms with Crippen molar-refractivity contribution in [3.63, 3.8) is 0 Å². The minimum atomic E-state index is 1.21. The molecule has 0 unspecified atom stereocenters. The summed E-state index contributed by atoms with van der Waals surface area (Å²) in [5, 5.41) is 30.8. The molecule has 0 aromatic heterocycles. The zero-order chi connectivity index (χ0) is 59.0. The van der Waals surface area contributed by atoms with Crippen LogP contribution in [-0.4, -0.2) is 0 Å². The van der Waals surface area contributed by atoms with E-state index in [-0.39, 0.29) is 0 Å². The quantitative estimate of drug-likeness (QED) is 0.111. The zero-order valence-electron chi connectivity index (χ0n) is 48.2. The standard InChI is InChI=1S/C84H48S6/c1-4-19-58(20-5-1)85-73-43-64-67(46-76(73)88-70-40-34-55-28-25-49-13-10-16-52-31-37-61(70)82(55)79(49)52)65-44-74(86-59-21-6-2-7-22-59)78(90-72-42-36-57-30-27-51-15-12-18-54-33-39-63(72)84(57)81(51)54)48-69(65)66-45-75(87-60-23-8-3-9-24-60)77(47-68(64)66)89-71-41-35-56-29-26-50-14-11-17-53-32-38-62(71)83(56)80(50)53/h1-48H. The SMILES string of the molecule is c1ccc(Sc2cc3c(cc2Sc2ccc4ccc5cccc6ccc2c4c56)c2cc(Sc4ccccc4)c(Sc4ccc5ccc6cccc7ccc4c5c67)cc2c2cc(Sc4ccccc4)c(Sc4ccc5ccc6cccc7ccc4c5c67)cc32)cc1. The lowest BCUT2D eigenvalue weighted by molar-refractivity contribution is 1.25. The van der Waals surface area contributed by atoms with Gasteiger partial charge in [0.1, 0.15) is 0 Å². The predicted octanol–water partition coefficient (Wildman–Crippen LogP) is 26.7. The van der Waals surface area contributed by atoms with Gasteiger partial charge in [0.2, 0.25) is 0 Å². The van der Waals surface area contributed by atoms with Gasteiger partial charge in [-0.05, 0) is 220 Å². The number of benzene rings is 19. The maximum Gasteiger partial charge on any atom is 0.0268 e. The highest BCUT2D eigenvalue weighted by atomic mass is 32.2. The number of hydrogen-bond donors (Lipinski definition) is 0. The zero-order valence-corrected chi connectivity index (χ0v) is 53.1. The van der Waals surface area contributed by atoms with Crippen LogP contribution in [0.25, 0.3) is 129 Å². The van der Waals surface area contributed by atoms with Crippen molar-refractivity contribution in [3.8, 4) is 0 Å². The van der Waals surface area contributed by atoms with E-state index in [0.717, 1.165) is 0 Å². The highest BCUT2D eigenvalue weighted by Gasteiger charge is 2.24. The Morgan fingerprint density at radius 1 is 0.133 bits per heavy atom. The topological polar surface area (TPSA) is 0 Å². The first-order chi connectivity index (χ1) is 44.5. The highest BCUT2D eigenvalue weighted by molar-refractivity contribution is 8.03. The van der Waals surface area contributed by atoms with Gasteiger partial charge in [-0.2, -0.15) is 0 Å². The average Bonchev–Trinajstić information content (AvgIpc) is 1.11. The molecule has 0 N–H and O–H groups in total. The van der Waals surface area contributed by atoms with E-state index in [9.17, 15) is 0 Å². The van der Waals surface area contributed by atoms with Gasteiger partial charge in [-0.25, -0.2) is 0 Å². The van der Waals surface area contributed by atoms with Gasteiger partial charge in [0.05, 0.1) is 0 Å². The third-order valence-electron chi connectivity index (χ3n) is 18.2. The van der Waals surface area contributed by atoms with Crippen LogP contribution in [-0.2, 0) is 0 Å². The van der Waals surface area contributed by atoms with Crippen molar-refractivity contribution >= 4 is 200 Å². The molecule has 0 bridgehead atoms. The van der Waals surface area contributed by atoms with Crippen LogP contribution in [0.3, 0.4) is 0 Å². The third kappa shape index (κ3) is 8.82. The summed E-state index contributed by atoms with van der Waals surface area (Å²) in [6.45, 7) is 0. The van der Waals surface area contributed by atoms with Gasteiger partial charge < -0.3 is 0 Å². The van der Waals surface area contributed by atoms with Crippen molar-refractivity contribution in [3.05, 3.63) is 291 Å². The molecule has 0 aliphatic carbocycles. The van der Waals surface area contributed by atoms with Gasteiger partial charge in [0.15, 0.2) is 0 Å². The Hall–Kier alpha value is -8.82. The number of hydrogen-bond acceptors (Lipinski definition) is 6. The van der Waals surface area contributed by atoms with Crippen LogP contribution in [0.1, 0.15) is 0 Å². The maximum absolute atomic E-state index is 2.55. The van der Waals surface area contributed by atoms with Crippen molar-refractivity contribution < 1.29 is 0 Å². The van der Waals surface area contributed by atoms with Crippen LogP contribution in [0.5, 0.6) is 0 Å². The highest BCUT2D eigenvalue weighted by Crippen LogP contribution is 2.54. The van der Waals surface area contributed by atoms with Crippen molar-refractivity contribution in [2.45, 2.75) is 58.7 Å². The Kier molecular flexibility index (Phi) is 12.6. The Balaban J connectivity index is 0.894. The first kappa shape index (κ1) is 53.1. The smallest absolute Gasteiger partial charge is 0.0268 e. The van der Waals surface area contributed by atoms with E-state index in [1.807, 2.05) is 70.6 Å². The third-order valence-corrected chi connectivity index (χ3v) is 25.1. The van der Waals surface area contributed by atoms with Crippen LogP contribution in [0.4, 0.5) is 0 Å². The van der Waals surface area contributed by atoms with Crippen LogP contribution >= 0.6 is 70.6 Å². The molecule has 6 heteroatoms. The second-order valence-electron chi connectivity index (χ2n) is 23.3. The summed E-state index contributed by atoms with van der Waals surface area (Å²) >= 11 is 11.3. The summed E-state index contributed by atoms with van der Waals surface area (Å²) in [6, 6.07) is 110. The van der Waals surface area contributed by atoms with Crippen LogP contribution in [0, 0.1) is 0 Å². The molecule has 19 rings (SSSR count). The Morgan fingerprint density at radius 2 is 0.344 bits per heavy atom. The maximum atomic E-state index is 2.55. The lowest BCUT2D eigenvalue weighted by Crippen LogP contribution is -1.92. The van der Waals surface area contributed by atoms with E-state index in [1.54, 1.807) is 0 Å². The Labute approximate surface area is 545 Å². The lowest BCUT2D eigenvalue weighted by Gasteiger charge is -2.21. The van der Waals surface area contributed by atoms with Gasteiger partial charge in [-0.1, -0.05) is 271 Å². The van der Waals surface area contributed by atoms with E-state index in [4.69, 9.17) is 0 Å². The molecule has 0 aliphatic heterocycles. The summed E-state index contributed by atoms with van der Waals surface area (Å²) in [7, 11) is 0. The molecule has 0 spiro atoms. The van der Waals surface area contributed by atoms with Crippen molar-refractivity contribution in [1.29, 1.82) is 0 Å². The van der Waals surface area contributed by atoms with E-state index in [1.165, 1.54) is 188 Å².